The summed E-state index contributed by atoms with van der Waals surface area (Å²) in [6.45, 7) is 2.04. The second-order valence-corrected chi connectivity index (χ2v) is 6.47. The molecule has 5 nitrogen and oxygen atoms in total. The van der Waals surface area contributed by atoms with Crippen LogP contribution in [0.1, 0.15) is 11.3 Å². The van der Waals surface area contributed by atoms with E-state index >= 15 is 0 Å². The van der Waals surface area contributed by atoms with Crippen molar-refractivity contribution in [3.63, 3.8) is 0 Å². The summed E-state index contributed by atoms with van der Waals surface area (Å²) in [5.74, 6) is 0.809. The molecule has 0 unspecified atom stereocenters. The number of thioether (sulfide) groups is 1. The van der Waals surface area contributed by atoms with E-state index in [0.29, 0.717) is 4.91 Å². The second-order valence-electron chi connectivity index (χ2n) is 5.46. The highest BCUT2D eigenvalue weighted by Gasteiger charge is 2.29. The Balaban J connectivity index is 1.92. The summed E-state index contributed by atoms with van der Waals surface area (Å²) in [5, 5.41) is 0.720. The molecule has 24 heavy (non-hydrogen) atoms. The zero-order valence-corrected chi connectivity index (χ0v) is 14.9. The lowest BCUT2D eigenvalue weighted by Gasteiger charge is -2.06. The first kappa shape index (κ1) is 16.4. The summed E-state index contributed by atoms with van der Waals surface area (Å²) in [5.41, 5.74) is 3.14. The number of likely N-dealkylation sites (N-methyl/N-ethyl adjacent to an activating group) is 1. The lowest BCUT2D eigenvalue weighted by atomic mass is 10.3. The van der Waals surface area contributed by atoms with Crippen molar-refractivity contribution in [1.29, 1.82) is 0 Å². The highest BCUT2D eigenvalue weighted by molar-refractivity contribution is 8.18. The van der Waals surface area contributed by atoms with Crippen molar-refractivity contribution in [2.45, 2.75) is 6.92 Å². The van der Waals surface area contributed by atoms with Crippen LogP contribution in [0.5, 0.6) is 5.75 Å². The molecule has 1 aliphatic heterocycles. The van der Waals surface area contributed by atoms with E-state index in [1.165, 1.54) is 11.8 Å². The minimum absolute atomic E-state index is 0.0181. The first-order valence-corrected chi connectivity index (χ1v) is 8.33. The molecule has 1 aliphatic rings. The van der Waals surface area contributed by atoms with Crippen LogP contribution in [0.15, 0.2) is 46.4 Å². The third kappa shape index (κ3) is 2.97. The predicted octanol–water partition coefficient (Wildman–Crippen LogP) is 3.33. The molecule has 0 saturated carbocycles. The maximum Gasteiger partial charge on any atom is 0.266 e. The quantitative estimate of drug-likeness (QED) is 0.805. The van der Waals surface area contributed by atoms with Crippen molar-refractivity contribution in [3.8, 4) is 11.4 Å². The van der Waals surface area contributed by atoms with Gasteiger partial charge in [-0.15, -0.1) is 0 Å². The van der Waals surface area contributed by atoms with E-state index in [1.807, 2.05) is 43.5 Å². The van der Waals surface area contributed by atoms with Crippen LogP contribution >= 0.6 is 11.8 Å². The third-order valence-electron chi connectivity index (χ3n) is 3.88. The summed E-state index contributed by atoms with van der Waals surface area (Å²) in [6, 6.07) is 9.94. The Labute approximate surface area is 145 Å². The largest absolute Gasteiger partial charge is 0.497 e. The number of carbonyl (C=O) groups is 1. The average Bonchev–Trinajstić information content (AvgIpc) is 3.09. The molecule has 0 atom stereocenters. The Kier molecular flexibility index (Phi) is 4.49. The van der Waals surface area contributed by atoms with E-state index in [0.717, 1.165) is 27.9 Å². The summed E-state index contributed by atoms with van der Waals surface area (Å²) in [7, 11) is 5.09. The molecule has 0 bridgehead atoms. The van der Waals surface area contributed by atoms with Gasteiger partial charge >= 0.3 is 0 Å². The van der Waals surface area contributed by atoms with Gasteiger partial charge in [-0.3, -0.25) is 14.7 Å². The van der Waals surface area contributed by atoms with Crippen LogP contribution in [0.25, 0.3) is 11.8 Å². The highest BCUT2D eigenvalue weighted by Crippen LogP contribution is 2.31. The van der Waals surface area contributed by atoms with Crippen LogP contribution < -0.4 is 4.74 Å². The Morgan fingerprint density at radius 3 is 2.54 bits per heavy atom. The van der Waals surface area contributed by atoms with Crippen LogP contribution in [0.3, 0.4) is 0 Å². The Morgan fingerprint density at radius 2 is 1.96 bits per heavy atom. The SMILES string of the molecule is CN=C1S/C(=C/c2cc(C)n(-c3ccc(OC)cc3)c2)C(=O)N1C. The monoisotopic (exact) mass is 341 g/mol. The molecule has 124 valence electrons. The fourth-order valence-corrected chi connectivity index (χ4v) is 3.53. The van der Waals surface area contributed by atoms with E-state index in [1.54, 1.807) is 26.1 Å². The molecule has 0 aliphatic carbocycles. The number of ether oxygens (including phenoxy) is 1. The standard InChI is InChI=1S/C18H19N3O2S/c1-12-9-13(10-16-17(22)20(3)18(19-2)24-16)11-21(12)14-5-7-15(23-4)8-6-14/h5-11H,1-4H3/b16-10+,19-18?. The number of amides is 1. The summed E-state index contributed by atoms with van der Waals surface area (Å²) in [4.78, 5) is 18.6. The first-order chi connectivity index (χ1) is 11.5. The van der Waals surface area contributed by atoms with Gasteiger partial charge in [0.05, 0.1) is 12.0 Å². The molecule has 2 heterocycles. The summed E-state index contributed by atoms with van der Waals surface area (Å²) >= 11 is 1.40. The van der Waals surface area contributed by atoms with Gasteiger partial charge < -0.3 is 9.30 Å². The van der Waals surface area contributed by atoms with Gasteiger partial charge in [0.1, 0.15) is 5.75 Å². The number of rotatable bonds is 3. The Hall–Kier alpha value is -2.47. The van der Waals surface area contributed by atoms with Gasteiger partial charge in [-0.2, -0.15) is 0 Å². The molecule has 1 aromatic heterocycles. The molecule has 1 saturated heterocycles. The fourth-order valence-electron chi connectivity index (χ4n) is 2.60. The van der Waals surface area contributed by atoms with E-state index in [9.17, 15) is 4.79 Å². The minimum Gasteiger partial charge on any atom is -0.497 e. The molecule has 3 rings (SSSR count). The van der Waals surface area contributed by atoms with Crippen molar-refractivity contribution in [3.05, 3.63) is 52.7 Å². The number of aliphatic imine (C=N–C) groups is 1. The van der Waals surface area contributed by atoms with Crippen LogP contribution in [-0.2, 0) is 4.79 Å². The first-order valence-electron chi connectivity index (χ1n) is 7.51. The normalized spacial score (nSPS) is 18.0. The van der Waals surface area contributed by atoms with Crippen molar-refractivity contribution in [2.75, 3.05) is 21.2 Å². The molecular weight excluding hydrogens is 322 g/mol. The maximum absolute atomic E-state index is 12.2. The smallest absolute Gasteiger partial charge is 0.266 e. The second kappa shape index (κ2) is 6.57. The average molecular weight is 341 g/mol. The van der Waals surface area contributed by atoms with E-state index in [2.05, 4.69) is 15.6 Å². The molecule has 1 fully saturated rings. The van der Waals surface area contributed by atoms with Gasteiger partial charge in [0, 0.05) is 31.7 Å². The van der Waals surface area contributed by atoms with E-state index < -0.39 is 0 Å². The zero-order valence-electron chi connectivity index (χ0n) is 14.1. The zero-order chi connectivity index (χ0) is 17.3. The molecule has 0 N–H and O–H groups in total. The third-order valence-corrected chi connectivity index (χ3v) is 5.03. The molecule has 2 aromatic rings. The van der Waals surface area contributed by atoms with Crippen LogP contribution in [0, 0.1) is 6.92 Å². The van der Waals surface area contributed by atoms with Gasteiger partial charge in [-0.25, -0.2) is 0 Å². The predicted molar refractivity (Wildman–Crippen MR) is 98.8 cm³/mol. The molecule has 0 spiro atoms. The topological polar surface area (TPSA) is 46.8 Å². The number of aryl methyl sites for hydroxylation is 1. The number of aromatic nitrogens is 1. The molecule has 6 heteroatoms. The molecule has 1 aromatic carbocycles. The maximum atomic E-state index is 12.2. The van der Waals surface area contributed by atoms with Gasteiger partial charge in [0.2, 0.25) is 0 Å². The van der Waals surface area contributed by atoms with Crippen molar-refractivity contribution < 1.29 is 9.53 Å². The van der Waals surface area contributed by atoms with Crippen molar-refractivity contribution in [1.82, 2.24) is 9.47 Å². The van der Waals surface area contributed by atoms with Crippen molar-refractivity contribution in [2.24, 2.45) is 4.99 Å². The van der Waals surface area contributed by atoms with Crippen LogP contribution in [0.2, 0.25) is 0 Å². The molecule has 0 radical (unpaired) electrons. The number of hydrogen-bond donors (Lipinski definition) is 0. The van der Waals surface area contributed by atoms with Crippen molar-refractivity contribution >= 4 is 28.9 Å². The number of nitrogens with zero attached hydrogens (tertiary/aromatic N) is 3. The Bertz CT molecular complexity index is 834. The van der Waals surface area contributed by atoms with E-state index in [4.69, 9.17) is 4.74 Å². The minimum atomic E-state index is -0.0181. The highest BCUT2D eigenvalue weighted by atomic mass is 32.2. The number of benzene rings is 1. The lowest BCUT2D eigenvalue weighted by Crippen LogP contribution is -2.23. The van der Waals surface area contributed by atoms with Gasteiger partial charge in [-0.05, 0) is 60.7 Å². The molecule has 1 amide bonds. The number of hydrogen-bond acceptors (Lipinski definition) is 4. The number of methoxy groups -OCH3 is 1. The van der Waals surface area contributed by atoms with E-state index in [-0.39, 0.29) is 5.91 Å². The lowest BCUT2D eigenvalue weighted by molar-refractivity contribution is -0.121. The molecular formula is C18H19N3O2S. The van der Waals surface area contributed by atoms with Gasteiger partial charge in [0.15, 0.2) is 5.17 Å². The fraction of sp³-hybridized carbons (Fsp3) is 0.222. The number of carbonyl (C=O) groups excluding carboxylic acids is 1. The van der Waals surface area contributed by atoms with Crippen LogP contribution in [-0.4, -0.2) is 41.7 Å². The van der Waals surface area contributed by atoms with Gasteiger partial charge in [-0.1, -0.05) is 0 Å². The van der Waals surface area contributed by atoms with Crippen LogP contribution in [0.4, 0.5) is 0 Å². The summed E-state index contributed by atoms with van der Waals surface area (Å²) < 4.78 is 7.29. The Morgan fingerprint density at radius 1 is 1.25 bits per heavy atom. The number of amidine groups is 1. The summed E-state index contributed by atoms with van der Waals surface area (Å²) in [6.07, 6.45) is 3.94. The van der Waals surface area contributed by atoms with Gasteiger partial charge in [0.25, 0.3) is 5.91 Å².